The highest BCUT2D eigenvalue weighted by Crippen LogP contribution is 2.45. The molecule has 0 radical (unpaired) electrons. The number of allylic oxidation sites excluding steroid dienone is 3. The molecule has 2 aliphatic carbocycles. The van der Waals surface area contributed by atoms with E-state index in [1.165, 1.54) is 5.57 Å². The maximum Gasteiger partial charge on any atom is 0.308 e. The van der Waals surface area contributed by atoms with E-state index in [4.69, 9.17) is 9.47 Å². The molecule has 0 aromatic carbocycles. The molecule has 0 amide bonds. The Labute approximate surface area is 174 Å². The highest BCUT2D eigenvalue weighted by atomic mass is 16.5. The molecule has 0 saturated carbocycles. The summed E-state index contributed by atoms with van der Waals surface area (Å²) in [4.78, 5) is 24.2. The molecule has 29 heavy (non-hydrogen) atoms. The van der Waals surface area contributed by atoms with Gasteiger partial charge in [-0.1, -0.05) is 45.9 Å². The molecule has 3 rings (SSSR count). The molecule has 5 heteroatoms. The summed E-state index contributed by atoms with van der Waals surface area (Å²) in [6, 6.07) is 0. The van der Waals surface area contributed by atoms with E-state index >= 15 is 0 Å². The summed E-state index contributed by atoms with van der Waals surface area (Å²) in [6.07, 6.45) is 9.70. The van der Waals surface area contributed by atoms with Crippen molar-refractivity contribution in [3.8, 4) is 0 Å². The summed E-state index contributed by atoms with van der Waals surface area (Å²) in [5.41, 5.74) is 1.27. The Morgan fingerprint density at radius 1 is 1.31 bits per heavy atom. The van der Waals surface area contributed by atoms with Crippen molar-refractivity contribution in [3.05, 3.63) is 23.8 Å². The maximum atomic E-state index is 12.5. The number of aliphatic hydroxyl groups is 1. The van der Waals surface area contributed by atoms with Crippen LogP contribution in [-0.4, -0.2) is 35.4 Å². The molecule has 0 aromatic heterocycles. The zero-order valence-electron chi connectivity index (χ0n) is 18.2. The van der Waals surface area contributed by atoms with Crippen molar-refractivity contribution in [2.24, 2.45) is 29.6 Å². The van der Waals surface area contributed by atoms with Gasteiger partial charge in [-0.3, -0.25) is 9.59 Å². The minimum Gasteiger partial charge on any atom is -0.462 e. The van der Waals surface area contributed by atoms with Crippen LogP contribution in [0.4, 0.5) is 0 Å². The molecule has 1 N–H and O–H groups in total. The maximum absolute atomic E-state index is 12.5. The average molecular weight is 405 g/mol. The number of carbonyl (C=O) groups is 2. The number of aliphatic hydroxyl groups excluding tert-OH is 1. The molecule has 3 aliphatic rings. The molecule has 4 unspecified atom stereocenters. The van der Waals surface area contributed by atoms with Gasteiger partial charge in [-0.25, -0.2) is 0 Å². The first kappa shape index (κ1) is 22.1. The van der Waals surface area contributed by atoms with Crippen molar-refractivity contribution in [1.82, 2.24) is 0 Å². The molecule has 0 bridgehead atoms. The van der Waals surface area contributed by atoms with Gasteiger partial charge in [-0.2, -0.15) is 0 Å². The van der Waals surface area contributed by atoms with E-state index < -0.39 is 6.10 Å². The van der Waals surface area contributed by atoms with Crippen LogP contribution in [0.15, 0.2) is 23.8 Å². The number of carbonyl (C=O) groups excluding carboxylic acids is 2. The summed E-state index contributed by atoms with van der Waals surface area (Å²) in [5.74, 6) is 0.755. The van der Waals surface area contributed by atoms with E-state index in [2.05, 4.69) is 32.1 Å². The van der Waals surface area contributed by atoms with Gasteiger partial charge in [-0.05, 0) is 49.0 Å². The lowest BCUT2D eigenvalue weighted by Crippen LogP contribution is -2.42. The number of ether oxygens (including phenoxy) is 2. The number of hydrogen-bond donors (Lipinski definition) is 1. The Bertz CT molecular complexity index is 666. The summed E-state index contributed by atoms with van der Waals surface area (Å²) >= 11 is 0. The van der Waals surface area contributed by atoms with Crippen molar-refractivity contribution in [2.75, 3.05) is 0 Å². The Balaban J connectivity index is 1.74. The van der Waals surface area contributed by atoms with Gasteiger partial charge >= 0.3 is 11.9 Å². The molecule has 1 saturated heterocycles. The summed E-state index contributed by atoms with van der Waals surface area (Å²) < 4.78 is 11.5. The fourth-order valence-corrected chi connectivity index (χ4v) is 5.07. The summed E-state index contributed by atoms with van der Waals surface area (Å²) in [7, 11) is 0. The normalized spacial score (nSPS) is 37.9. The minimum absolute atomic E-state index is 0.0854. The largest absolute Gasteiger partial charge is 0.462 e. The van der Waals surface area contributed by atoms with Crippen molar-refractivity contribution >= 4 is 11.9 Å². The lowest BCUT2D eigenvalue weighted by atomic mass is 9.65. The van der Waals surface area contributed by atoms with E-state index in [-0.39, 0.29) is 42.4 Å². The van der Waals surface area contributed by atoms with Crippen LogP contribution in [0.25, 0.3) is 0 Å². The second-order valence-corrected chi connectivity index (χ2v) is 9.36. The number of rotatable bonds is 6. The van der Waals surface area contributed by atoms with Gasteiger partial charge in [-0.15, -0.1) is 0 Å². The fourth-order valence-electron chi connectivity index (χ4n) is 5.07. The molecule has 0 aromatic rings. The van der Waals surface area contributed by atoms with Crippen LogP contribution in [0.1, 0.15) is 66.2 Å². The van der Waals surface area contributed by atoms with Crippen LogP contribution >= 0.6 is 0 Å². The SMILES string of the molecule is CCC(C)C(=O)O[C@H]1C[C@@H](C)C=C2C=C[C@H](C)[C@H](CCC3CC(O)CC(=O)O3)C21. The third-order valence-electron chi connectivity index (χ3n) is 6.93. The fraction of sp³-hybridized carbons (Fsp3) is 0.750. The van der Waals surface area contributed by atoms with Crippen molar-refractivity contribution in [3.63, 3.8) is 0 Å². The van der Waals surface area contributed by atoms with E-state index in [0.717, 1.165) is 25.7 Å². The molecule has 8 atom stereocenters. The van der Waals surface area contributed by atoms with Crippen LogP contribution in [0.2, 0.25) is 0 Å². The van der Waals surface area contributed by atoms with Crippen molar-refractivity contribution < 1.29 is 24.2 Å². The van der Waals surface area contributed by atoms with Crippen LogP contribution in [0.3, 0.4) is 0 Å². The number of hydrogen-bond acceptors (Lipinski definition) is 5. The smallest absolute Gasteiger partial charge is 0.308 e. The van der Waals surface area contributed by atoms with Crippen molar-refractivity contribution in [1.29, 1.82) is 0 Å². The van der Waals surface area contributed by atoms with E-state index in [1.807, 2.05) is 13.8 Å². The third-order valence-corrected chi connectivity index (χ3v) is 6.93. The Kier molecular flexibility index (Phi) is 7.20. The van der Waals surface area contributed by atoms with E-state index in [0.29, 0.717) is 24.2 Å². The van der Waals surface area contributed by atoms with Crippen LogP contribution in [0, 0.1) is 29.6 Å². The molecule has 1 aliphatic heterocycles. The zero-order chi connectivity index (χ0) is 21.1. The first-order valence-corrected chi connectivity index (χ1v) is 11.3. The number of cyclic esters (lactones) is 1. The lowest BCUT2D eigenvalue weighted by Gasteiger charge is -2.43. The first-order chi connectivity index (χ1) is 13.8. The average Bonchev–Trinajstić information content (AvgIpc) is 2.65. The van der Waals surface area contributed by atoms with Crippen molar-refractivity contribution in [2.45, 2.75) is 84.5 Å². The monoisotopic (exact) mass is 404 g/mol. The van der Waals surface area contributed by atoms with Crippen LogP contribution in [-0.2, 0) is 19.1 Å². The van der Waals surface area contributed by atoms with Gasteiger partial charge < -0.3 is 14.6 Å². The predicted molar refractivity (Wildman–Crippen MR) is 111 cm³/mol. The molecule has 0 spiro atoms. The molecule has 1 fully saturated rings. The summed E-state index contributed by atoms with van der Waals surface area (Å²) in [6.45, 7) is 8.33. The summed E-state index contributed by atoms with van der Waals surface area (Å²) in [5, 5.41) is 9.89. The predicted octanol–water partition coefficient (Wildman–Crippen LogP) is 4.20. The topological polar surface area (TPSA) is 72.8 Å². The van der Waals surface area contributed by atoms with Crippen LogP contribution < -0.4 is 0 Å². The quantitative estimate of drug-likeness (QED) is 0.672. The Morgan fingerprint density at radius 3 is 2.76 bits per heavy atom. The van der Waals surface area contributed by atoms with Gasteiger partial charge in [0.15, 0.2) is 0 Å². The first-order valence-electron chi connectivity index (χ1n) is 11.3. The highest BCUT2D eigenvalue weighted by molar-refractivity contribution is 5.72. The van der Waals surface area contributed by atoms with E-state index in [1.54, 1.807) is 0 Å². The van der Waals surface area contributed by atoms with Gasteiger partial charge in [0.05, 0.1) is 18.4 Å². The third kappa shape index (κ3) is 5.30. The van der Waals surface area contributed by atoms with Gasteiger partial charge in [0.1, 0.15) is 12.2 Å². The molecule has 1 heterocycles. The zero-order valence-corrected chi connectivity index (χ0v) is 18.2. The number of fused-ring (bicyclic) bond motifs is 1. The second kappa shape index (κ2) is 9.46. The molecule has 162 valence electrons. The van der Waals surface area contributed by atoms with Gasteiger partial charge in [0, 0.05) is 12.3 Å². The standard InChI is InChI=1S/C24H36O5/c1-5-15(3)24(27)29-21-11-14(2)10-17-7-6-16(4)20(23(17)21)9-8-19-12-18(25)13-22(26)28-19/h6-7,10,14-16,18-21,23,25H,5,8-9,11-13H2,1-4H3/t14-,15?,16-,18?,19?,20-,21-,23?/m0/s1. The van der Waals surface area contributed by atoms with E-state index in [9.17, 15) is 14.7 Å². The minimum atomic E-state index is -0.597. The molecular formula is C24H36O5. The molecule has 5 nitrogen and oxygen atoms in total. The Morgan fingerprint density at radius 2 is 2.07 bits per heavy atom. The van der Waals surface area contributed by atoms with Gasteiger partial charge in [0.2, 0.25) is 0 Å². The second-order valence-electron chi connectivity index (χ2n) is 9.36. The lowest BCUT2D eigenvalue weighted by molar-refractivity contribution is -0.162. The Hall–Kier alpha value is -1.62. The number of esters is 2. The highest BCUT2D eigenvalue weighted by Gasteiger charge is 2.42. The van der Waals surface area contributed by atoms with Crippen LogP contribution in [0.5, 0.6) is 0 Å². The van der Waals surface area contributed by atoms with Gasteiger partial charge in [0.25, 0.3) is 0 Å². The molecular weight excluding hydrogens is 368 g/mol.